The van der Waals surface area contributed by atoms with Crippen LogP contribution in [-0.2, 0) is 13.6 Å². The Bertz CT molecular complexity index is 711. The molecule has 0 aliphatic heterocycles. The van der Waals surface area contributed by atoms with E-state index in [9.17, 15) is 9.59 Å². The first-order valence-corrected chi connectivity index (χ1v) is 6.28. The van der Waals surface area contributed by atoms with Crippen molar-refractivity contribution in [3.8, 4) is 0 Å². The quantitative estimate of drug-likeness (QED) is 0.857. The number of rotatable bonds is 3. The molecule has 0 saturated carbocycles. The number of aromatic amines is 1. The summed E-state index contributed by atoms with van der Waals surface area (Å²) in [5, 5.41) is 0.112. The van der Waals surface area contributed by atoms with Gasteiger partial charge in [0.2, 0.25) is 0 Å². The molecule has 2 rings (SSSR count). The Morgan fingerprint density at radius 3 is 2.63 bits per heavy atom. The third kappa shape index (κ3) is 2.49. The second-order valence-electron chi connectivity index (χ2n) is 4.66. The van der Waals surface area contributed by atoms with Crippen molar-refractivity contribution in [3.63, 3.8) is 0 Å². The first kappa shape index (κ1) is 13.6. The second-order valence-corrected chi connectivity index (χ2v) is 5.04. The molecule has 2 aromatic heterocycles. The maximum Gasteiger partial charge on any atom is 0.329 e. The number of aryl methyl sites for hydroxylation is 1. The van der Waals surface area contributed by atoms with Crippen LogP contribution in [0, 0.1) is 0 Å². The highest BCUT2D eigenvalue weighted by Gasteiger charge is 2.16. The summed E-state index contributed by atoms with van der Waals surface area (Å²) in [7, 11) is 1.81. The Morgan fingerprint density at radius 1 is 1.42 bits per heavy atom. The average molecular weight is 283 g/mol. The lowest BCUT2D eigenvalue weighted by Crippen LogP contribution is -2.38. The van der Waals surface area contributed by atoms with Gasteiger partial charge in [-0.2, -0.15) is 0 Å². The number of nitrogens with zero attached hydrogens (tertiary/aromatic N) is 3. The van der Waals surface area contributed by atoms with E-state index in [2.05, 4.69) is 9.97 Å². The van der Waals surface area contributed by atoms with Gasteiger partial charge in [0.15, 0.2) is 0 Å². The van der Waals surface area contributed by atoms with E-state index in [1.807, 2.05) is 13.8 Å². The first-order valence-electron chi connectivity index (χ1n) is 5.90. The molecule has 1 N–H and O–H groups in total. The van der Waals surface area contributed by atoms with E-state index < -0.39 is 5.69 Å². The lowest BCUT2D eigenvalue weighted by Gasteiger charge is -2.11. The van der Waals surface area contributed by atoms with Gasteiger partial charge in [0.25, 0.3) is 5.56 Å². The van der Waals surface area contributed by atoms with Gasteiger partial charge >= 0.3 is 5.69 Å². The molecule has 0 fully saturated rings. The smallest absolute Gasteiger partial charge is 0.329 e. The largest absolute Gasteiger partial charge is 0.337 e. The van der Waals surface area contributed by atoms with Crippen LogP contribution in [0.1, 0.15) is 31.2 Å². The second kappa shape index (κ2) is 5.05. The monoisotopic (exact) mass is 282 g/mol. The molecule has 0 aliphatic carbocycles. The van der Waals surface area contributed by atoms with Gasteiger partial charge in [0.05, 0.1) is 12.1 Å². The van der Waals surface area contributed by atoms with Crippen molar-refractivity contribution in [3.05, 3.63) is 49.8 Å². The van der Waals surface area contributed by atoms with Gasteiger partial charge in [-0.25, -0.2) is 9.78 Å². The van der Waals surface area contributed by atoms with E-state index in [1.54, 1.807) is 24.0 Å². The van der Waals surface area contributed by atoms with Gasteiger partial charge in [-0.1, -0.05) is 25.4 Å². The van der Waals surface area contributed by atoms with Gasteiger partial charge in [0, 0.05) is 19.4 Å². The summed E-state index contributed by atoms with van der Waals surface area (Å²) in [4.78, 5) is 30.8. The zero-order valence-corrected chi connectivity index (χ0v) is 11.7. The van der Waals surface area contributed by atoms with Crippen molar-refractivity contribution in [2.75, 3.05) is 0 Å². The highest BCUT2D eigenvalue weighted by molar-refractivity contribution is 6.30. The number of imidazole rings is 1. The van der Waals surface area contributed by atoms with Crippen molar-refractivity contribution in [1.82, 2.24) is 19.1 Å². The Morgan fingerprint density at radius 2 is 2.11 bits per heavy atom. The molecule has 19 heavy (non-hydrogen) atoms. The molecule has 2 heterocycles. The molecular formula is C12H15ClN4O2. The van der Waals surface area contributed by atoms with Crippen molar-refractivity contribution in [2.24, 2.45) is 7.05 Å². The fourth-order valence-electron chi connectivity index (χ4n) is 1.89. The minimum atomic E-state index is -0.526. The number of halogens is 1. The molecule has 2 aromatic rings. The highest BCUT2D eigenvalue weighted by atomic mass is 35.5. The highest BCUT2D eigenvalue weighted by Crippen LogP contribution is 2.16. The van der Waals surface area contributed by atoms with Gasteiger partial charge in [-0.3, -0.25) is 14.3 Å². The molecule has 0 spiro atoms. The molecule has 0 amide bonds. The first-order chi connectivity index (χ1) is 8.91. The summed E-state index contributed by atoms with van der Waals surface area (Å²) in [5.41, 5.74) is -0.482. The van der Waals surface area contributed by atoms with E-state index in [0.717, 1.165) is 4.57 Å². The zero-order valence-electron chi connectivity index (χ0n) is 11.0. The summed E-state index contributed by atoms with van der Waals surface area (Å²) in [6, 6.07) is 0. The summed E-state index contributed by atoms with van der Waals surface area (Å²) in [5.74, 6) is 0.564. The lowest BCUT2D eigenvalue weighted by molar-refractivity contribution is 0.627. The Balaban J connectivity index is 2.58. The van der Waals surface area contributed by atoms with Crippen molar-refractivity contribution >= 4 is 11.6 Å². The third-order valence-electron chi connectivity index (χ3n) is 2.97. The number of hydrogen-bond donors (Lipinski definition) is 1. The molecule has 102 valence electrons. The van der Waals surface area contributed by atoms with Gasteiger partial charge < -0.3 is 4.57 Å². The number of H-pyrrole nitrogens is 1. The third-order valence-corrected chi connectivity index (χ3v) is 3.27. The van der Waals surface area contributed by atoms with E-state index in [0.29, 0.717) is 11.4 Å². The van der Waals surface area contributed by atoms with Crippen LogP contribution in [0.25, 0.3) is 0 Å². The number of hydrogen-bond acceptors (Lipinski definition) is 3. The molecule has 0 saturated heterocycles. The SMILES string of the molecule is CC(C)c1c(Cl)[nH]c(=O)n(Cc2nccn2C)c1=O. The molecule has 0 aromatic carbocycles. The van der Waals surface area contributed by atoms with Crippen LogP contribution in [0.5, 0.6) is 0 Å². The zero-order chi connectivity index (χ0) is 14.2. The summed E-state index contributed by atoms with van der Waals surface area (Å²) < 4.78 is 2.87. The minimum Gasteiger partial charge on any atom is -0.337 e. The Hall–Kier alpha value is -1.82. The summed E-state index contributed by atoms with van der Waals surface area (Å²) >= 11 is 5.93. The molecule has 0 radical (unpaired) electrons. The van der Waals surface area contributed by atoms with E-state index in [1.165, 1.54) is 0 Å². The minimum absolute atomic E-state index is 0.0653. The molecule has 6 nitrogen and oxygen atoms in total. The molecule has 0 atom stereocenters. The van der Waals surface area contributed by atoms with Crippen LogP contribution >= 0.6 is 11.6 Å². The molecule has 0 aliphatic rings. The summed E-state index contributed by atoms with van der Waals surface area (Å²) in [6.45, 7) is 3.83. The van der Waals surface area contributed by atoms with E-state index >= 15 is 0 Å². The topological polar surface area (TPSA) is 72.7 Å². The predicted octanol–water partition coefficient (Wildman–Crippen LogP) is 1.10. The lowest BCUT2D eigenvalue weighted by atomic mass is 10.1. The van der Waals surface area contributed by atoms with E-state index in [-0.39, 0.29) is 23.2 Å². The maximum absolute atomic E-state index is 12.3. The fourth-order valence-corrected chi connectivity index (χ4v) is 2.27. The Labute approximate surface area is 114 Å². The van der Waals surface area contributed by atoms with Crippen LogP contribution in [0.15, 0.2) is 22.0 Å². The van der Waals surface area contributed by atoms with Crippen LogP contribution in [-0.4, -0.2) is 19.1 Å². The van der Waals surface area contributed by atoms with Gasteiger partial charge in [0.1, 0.15) is 11.0 Å². The maximum atomic E-state index is 12.3. The van der Waals surface area contributed by atoms with Gasteiger partial charge in [-0.05, 0) is 5.92 Å². The molecule has 7 heteroatoms. The molecule has 0 unspecified atom stereocenters. The van der Waals surface area contributed by atoms with Crippen LogP contribution in [0.2, 0.25) is 5.15 Å². The van der Waals surface area contributed by atoms with Crippen molar-refractivity contribution < 1.29 is 0 Å². The predicted molar refractivity (Wildman–Crippen MR) is 72.7 cm³/mol. The number of aromatic nitrogens is 4. The standard InChI is InChI=1S/C12H15ClN4O2/c1-7(2)9-10(13)15-12(19)17(11(9)18)6-8-14-4-5-16(8)3/h4-5,7H,6H2,1-3H3,(H,15,19). The molecular weight excluding hydrogens is 268 g/mol. The summed E-state index contributed by atoms with van der Waals surface area (Å²) in [6.07, 6.45) is 3.38. The fraction of sp³-hybridized carbons (Fsp3) is 0.417. The number of nitrogens with one attached hydrogen (secondary N) is 1. The van der Waals surface area contributed by atoms with Crippen molar-refractivity contribution in [1.29, 1.82) is 0 Å². The van der Waals surface area contributed by atoms with Crippen molar-refractivity contribution in [2.45, 2.75) is 26.3 Å². The van der Waals surface area contributed by atoms with Gasteiger partial charge in [-0.15, -0.1) is 0 Å². The molecule has 0 bridgehead atoms. The Kier molecular flexibility index (Phi) is 3.61. The van der Waals surface area contributed by atoms with Crippen LogP contribution in [0.3, 0.4) is 0 Å². The van der Waals surface area contributed by atoms with E-state index in [4.69, 9.17) is 11.6 Å². The normalized spacial score (nSPS) is 11.2. The van der Waals surface area contributed by atoms with Crippen LogP contribution < -0.4 is 11.2 Å². The average Bonchev–Trinajstić information content (AvgIpc) is 2.69. The van der Waals surface area contributed by atoms with Crippen LogP contribution in [0.4, 0.5) is 0 Å².